The van der Waals surface area contributed by atoms with Gasteiger partial charge in [0, 0.05) is 11.3 Å². The summed E-state index contributed by atoms with van der Waals surface area (Å²) in [4.78, 5) is 12.3. The minimum atomic E-state index is -3.21. The van der Waals surface area contributed by atoms with E-state index >= 15 is 0 Å². The Labute approximate surface area is 141 Å². The maximum atomic E-state index is 12.1. The van der Waals surface area contributed by atoms with E-state index in [4.69, 9.17) is 11.6 Å². The first-order valence-corrected chi connectivity index (χ1v) is 9.36. The minimum absolute atomic E-state index is 0.105. The van der Waals surface area contributed by atoms with Gasteiger partial charge >= 0.3 is 0 Å². The lowest BCUT2D eigenvalue weighted by molar-refractivity contribution is -0.121. The van der Waals surface area contributed by atoms with Crippen molar-refractivity contribution < 1.29 is 13.2 Å². The molecule has 0 aliphatic heterocycles. The molecule has 2 aromatic carbocycles. The van der Waals surface area contributed by atoms with Crippen molar-refractivity contribution in [3.05, 3.63) is 64.7 Å². The highest BCUT2D eigenvalue weighted by molar-refractivity contribution is 7.90. The molecular formula is C17H18ClNO3S. The SMILES string of the molecule is C[C@H](NC(=O)Cc1ccc(Cl)cc1)c1ccc(S(C)(=O)=O)cc1. The van der Waals surface area contributed by atoms with E-state index in [0.29, 0.717) is 5.02 Å². The highest BCUT2D eigenvalue weighted by atomic mass is 35.5. The topological polar surface area (TPSA) is 63.2 Å². The molecule has 0 aromatic heterocycles. The fourth-order valence-corrected chi connectivity index (χ4v) is 2.92. The molecule has 1 N–H and O–H groups in total. The Morgan fingerprint density at radius 1 is 1.09 bits per heavy atom. The summed E-state index contributed by atoms with van der Waals surface area (Å²) in [5.74, 6) is -0.105. The number of amides is 1. The predicted molar refractivity (Wildman–Crippen MR) is 91.3 cm³/mol. The van der Waals surface area contributed by atoms with Crippen LogP contribution in [0.4, 0.5) is 0 Å². The van der Waals surface area contributed by atoms with E-state index in [0.717, 1.165) is 11.1 Å². The minimum Gasteiger partial charge on any atom is -0.349 e. The van der Waals surface area contributed by atoms with E-state index in [1.165, 1.54) is 6.26 Å². The Balaban J connectivity index is 1.99. The molecule has 0 saturated carbocycles. The van der Waals surface area contributed by atoms with Crippen LogP contribution >= 0.6 is 11.6 Å². The fraction of sp³-hybridized carbons (Fsp3) is 0.235. The van der Waals surface area contributed by atoms with Crippen molar-refractivity contribution in [1.82, 2.24) is 5.32 Å². The number of sulfone groups is 1. The van der Waals surface area contributed by atoms with Crippen molar-refractivity contribution in [3.63, 3.8) is 0 Å². The monoisotopic (exact) mass is 351 g/mol. The lowest BCUT2D eigenvalue weighted by atomic mass is 10.1. The smallest absolute Gasteiger partial charge is 0.224 e. The highest BCUT2D eigenvalue weighted by Gasteiger charge is 2.12. The maximum Gasteiger partial charge on any atom is 0.224 e. The Bertz CT molecular complexity index is 784. The van der Waals surface area contributed by atoms with E-state index in [1.807, 2.05) is 19.1 Å². The molecule has 2 rings (SSSR count). The molecule has 0 radical (unpaired) electrons. The molecule has 1 atom stereocenters. The van der Waals surface area contributed by atoms with Crippen molar-refractivity contribution in [2.24, 2.45) is 0 Å². The summed E-state index contributed by atoms with van der Waals surface area (Å²) in [6.45, 7) is 1.86. The highest BCUT2D eigenvalue weighted by Crippen LogP contribution is 2.16. The third-order valence-corrected chi connectivity index (χ3v) is 4.84. The van der Waals surface area contributed by atoms with Gasteiger partial charge < -0.3 is 5.32 Å². The normalized spacial score (nSPS) is 12.7. The summed E-state index contributed by atoms with van der Waals surface area (Å²) in [6.07, 6.45) is 1.43. The molecule has 0 fully saturated rings. The van der Waals surface area contributed by atoms with Crippen LogP contribution in [0.15, 0.2) is 53.4 Å². The van der Waals surface area contributed by atoms with Crippen molar-refractivity contribution in [1.29, 1.82) is 0 Å². The van der Waals surface area contributed by atoms with Crippen LogP contribution in [-0.2, 0) is 21.1 Å². The molecule has 6 heteroatoms. The summed E-state index contributed by atoms with van der Waals surface area (Å²) < 4.78 is 22.9. The van der Waals surface area contributed by atoms with Gasteiger partial charge in [-0.2, -0.15) is 0 Å². The van der Waals surface area contributed by atoms with Gasteiger partial charge in [-0.15, -0.1) is 0 Å². The second-order valence-corrected chi connectivity index (χ2v) is 7.89. The number of hydrogen-bond donors (Lipinski definition) is 1. The quantitative estimate of drug-likeness (QED) is 0.899. The Hall–Kier alpha value is -1.85. The largest absolute Gasteiger partial charge is 0.349 e. The lowest BCUT2D eigenvalue weighted by Gasteiger charge is -2.15. The third kappa shape index (κ3) is 5.08. The van der Waals surface area contributed by atoms with Crippen LogP contribution in [0.3, 0.4) is 0 Å². The van der Waals surface area contributed by atoms with Crippen LogP contribution in [0.2, 0.25) is 5.02 Å². The van der Waals surface area contributed by atoms with Crippen LogP contribution in [0.25, 0.3) is 0 Å². The lowest BCUT2D eigenvalue weighted by Crippen LogP contribution is -2.28. The molecular weight excluding hydrogens is 334 g/mol. The standard InChI is InChI=1S/C17H18ClNO3S/c1-12(14-5-9-16(10-6-14)23(2,21)22)19-17(20)11-13-3-7-15(18)8-4-13/h3-10,12H,11H2,1-2H3,(H,19,20)/t12-/m0/s1. The maximum absolute atomic E-state index is 12.1. The Morgan fingerprint density at radius 2 is 1.65 bits per heavy atom. The van der Waals surface area contributed by atoms with Gasteiger partial charge in [0.25, 0.3) is 0 Å². The number of nitrogens with one attached hydrogen (secondary N) is 1. The molecule has 2 aromatic rings. The van der Waals surface area contributed by atoms with Crippen LogP contribution in [-0.4, -0.2) is 20.6 Å². The van der Waals surface area contributed by atoms with Crippen LogP contribution < -0.4 is 5.32 Å². The van der Waals surface area contributed by atoms with Gasteiger partial charge in [-0.25, -0.2) is 8.42 Å². The Kier molecular flexibility index (Phi) is 5.44. The van der Waals surface area contributed by atoms with Crippen molar-refractivity contribution in [2.75, 3.05) is 6.26 Å². The number of carbonyl (C=O) groups is 1. The van der Waals surface area contributed by atoms with E-state index < -0.39 is 9.84 Å². The van der Waals surface area contributed by atoms with Gasteiger partial charge in [0.2, 0.25) is 5.91 Å². The van der Waals surface area contributed by atoms with Crippen LogP contribution in [0.1, 0.15) is 24.1 Å². The first kappa shape index (κ1) is 17.5. The number of rotatable bonds is 5. The molecule has 23 heavy (non-hydrogen) atoms. The zero-order valence-corrected chi connectivity index (χ0v) is 14.5. The van der Waals surface area contributed by atoms with E-state index in [2.05, 4.69) is 5.32 Å². The number of benzene rings is 2. The van der Waals surface area contributed by atoms with Crippen molar-refractivity contribution in [3.8, 4) is 0 Å². The van der Waals surface area contributed by atoms with Crippen molar-refractivity contribution in [2.45, 2.75) is 24.3 Å². The van der Waals surface area contributed by atoms with Crippen LogP contribution in [0, 0.1) is 0 Å². The number of carbonyl (C=O) groups excluding carboxylic acids is 1. The molecule has 1 amide bonds. The molecule has 0 unspecified atom stereocenters. The number of hydrogen-bond acceptors (Lipinski definition) is 3. The average molecular weight is 352 g/mol. The molecule has 0 spiro atoms. The summed E-state index contributed by atoms with van der Waals surface area (Å²) >= 11 is 5.81. The van der Waals surface area contributed by atoms with Gasteiger partial charge in [-0.05, 0) is 42.3 Å². The zero-order valence-electron chi connectivity index (χ0n) is 12.9. The summed E-state index contributed by atoms with van der Waals surface area (Å²) in [6, 6.07) is 13.4. The first-order valence-electron chi connectivity index (χ1n) is 7.09. The van der Waals surface area contributed by atoms with Gasteiger partial charge in [0.1, 0.15) is 0 Å². The van der Waals surface area contributed by atoms with Gasteiger partial charge in [0.15, 0.2) is 9.84 Å². The van der Waals surface area contributed by atoms with Crippen molar-refractivity contribution >= 4 is 27.3 Å². The fourth-order valence-electron chi connectivity index (χ4n) is 2.17. The summed E-state index contributed by atoms with van der Waals surface area (Å²) in [7, 11) is -3.21. The molecule has 0 saturated heterocycles. The average Bonchev–Trinajstić information content (AvgIpc) is 2.49. The second kappa shape index (κ2) is 7.15. The molecule has 0 aliphatic rings. The first-order chi connectivity index (χ1) is 10.8. The Morgan fingerprint density at radius 3 is 2.17 bits per heavy atom. The van der Waals surface area contributed by atoms with E-state index in [9.17, 15) is 13.2 Å². The molecule has 122 valence electrons. The van der Waals surface area contributed by atoms with Gasteiger partial charge in [0.05, 0.1) is 17.4 Å². The second-order valence-electron chi connectivity index (χ2n) is 5.43. The van der Waals surface area contributed by atoms with Crippen LogP contribution in [0.5, 0.6) is 0 Å². The predicted octanol–water partition coefficient (Wildman–Crippen LogP) is 3.16. The summed E-state index contributed by atoms with van der Waals surface area (Å²) in [5, 5.41) is 3.53. The van der Waals surface area contributed by atoms with Gasteiger partial charge in [-0.1, -0.05) is 35.9 Å². The molecule has 0 bridgehead atoms. The third-order valence-electron chi connectivity index (χ3n) is 3.46. The molecule has 0 aliphatic carbocycles. The molecule has 0 heterocycles. The van der Waals surface area contributed by atoms with E-state index in [1.54, 1.807) is 36.4 Å². The zero-order chi connectivity index (χ0) is 17.0. The number of halogens is 1. The van der Waals surface area contributed by atoms with E-state index in [-0.39, 0.29) is 23.3 Å². The summed E-state index contributed by atoms with van der Waals surface area (Å²) in [5.41, 5.74) is 1.73. The molecule has 4 nitrogen and oxygen atoms in total. The van der Waals surface area contributed by atoms with Gasteiger partial charge in [-0.3, -0.25) is 4.79 Å².